The van der Waals surface area contributed by atoms with Gasteiger partial charge in [-0.25, -0.2) is 13.4 Å². The normalized spacial score (nSPS) is 14.6. The fourth-order valence-electron chi connectivity index (χ4n) is 8.26. The highest BCUT2D eigenvalue weighted by molar-refractivity contribution is 7.85. The lowest BCUT2D eigenvalue weighted by atomic mass is 9.85. The first kappa shape index (κ1) is 60.4. The minimum Gasteiger partial charge on any atom is -0.748 e. The number of hydrogen-bond donors (Lipinski definition) is 6. The Labute approximate surface area is 425 Å². The second kappa shape index (κ2) is 30.2. The number of aromatic amines is 1. The van der Waals surface area contributed by atoms with E-state index < -0.39 is 75.7 Å². The molecule has 2 aromatic heterocycles. The topological polar surface area (TPSA) is 290 Å². The lowest BCUT2D eigenvalue weighted by Crippen LogP contribution is -2.58. The van der Waals surface area contributed by atoms with Gasteiger partial charge in [0.2, 0.25) is 41.1 Å². The number of rotatable bonds is 32. The van der Waals surface area contributed by atoms with Crippen molar-refractivity contribution in [2.24, 2.45) is 23.7 Å². The van der Waals surface area contributed by atoms with Crippen molar-refractivity contribution < 1.29 is 51.6 Å². The maximum atomic E-state index is 14.6. The number of carbonyl (C=O) groups excluding carboxylic acids is 6. The first-order valence-corrected chi connectivity index (χ1v) is 26.6. The van der Waals surface area contributed by atoms with Crippen molar-refractivity contribution >= 4 is 45.6 Å². The summed E-state index contributed by atoms with van der Waals surface area (Å²) in [7, 11) is -1.52. The van der Waals surface area contributed by atoms with Crippen LogP contribution in [0.25, 0.3) is 0 Å². The minimum absolute atomic E-state index is 0.00971. The van der Waals surface area contributed by atoms with E-state index in [0.717, 1.165) is 5.56 Å². The molecule has 0 saturated heterocycles. The van der Waals surface area contributed by atoms with Gasteiger partial charge in [-0.1, -0.05) is 91.1 Å². The van der Waals surface area contributed by atoms with Gasteiger partial charge < -0.3 is 50.9 Å². The fraction of sp³-hybridized carbons (Fsp3) is 0.608. The van der Waals surface area contributed by atoms with E-state index in [1.54, 1.807) is 24.4 Å². The molecular weight excluding hydrogens is 947 g/mol. The second-order valence-electron chi connectivity index (χ2n) is 19.6. The smallest absolute Gasteiger partial charge is 0.245 e. The zero-order valence-corrected chi connectivity index (χ0v) is 44.0. The quantitative estimate of drug-likeness (QED) is 0.0228. The zero-order valence-electron chi connectivity index (χ0n) is 43.2. The molecule has 0 aliphatic carbocycles. The molecule has 20 nitrogen and oxygen atoms in total. The Morgan fingerprint density at radius 1 is 0.833 bits per heavy atom. The number of imidazole rings is 1. The summed E-state index contributed by atoms with van der Waals surface area (Å²) in [5.74, 6) is -4.70. The molecule has 400 valence electrons. The summed E-state index contributed by atoms with van der Waals surface area (Å²) in [5, 5.41) is 35.8. The largest absolute Gasteiger partial charge is 0.748 e. The van der Waals surface area contributed by atoms with Crippen molar-refractivity contribution in [2.45, 2.75) is 149 Å². The molecule has 2 heterocycles. The van der Waals surface area contributed by atoms with Crippen LogP contribution in [0.5, 0.6) is 0 Å². The third kappa shape index (κ3) is 21.0. The van der Waals surface area contributed by atoms with Gasteiger partial charge in [0.15, 0.2) is 6.20 Å². The third-order valence-corrected chi connectivity index (χ3v) is 13.6. The number of H-pyrrole nitrogens is 1. The average molecular weight is 1030 g/mol. The molecule has 1 aromatic carbocycles. The Morgan fingerprint density at radius 3 is 2.10 bits per heavy atom. The van der Waals surface area contributed by atoms with Crippen LogP contribution in [0.15, 0.2) is 67.3 Å². The van der Waals surface area contributed by atoms with Crippen LogP contribution in [-0.4, -0.2) is 130 Å². The molecule has 3 rings (SSSR count). The van der Waals surface area contributed by atoms with Crippen molar-refractivity contribution in [2.75, 3.05) is 26.4 Å². The predicted octanol–water partition coefficient (Wildman–Crippen LogP) is 2.89. The summed E-state index contributed by atoms with van der Waals surface area (Å²) < 4.78 is 33.4. The molecule has 0 spiro atoms. The molecule has 6 amide bonds. The van der Waals surface area contributed by atoms with Gasteiger partial charge in [0, 0.05) is 76.3 Å². The van der Waals surface area contributed by atoms with Crippen LogP contribution in [-0.2, 0) is 58.3 Å². The lowest BCUT2D eigenvalue weighted by molar-refractivity contribution is -0.614. The first-order chi connectivity index (χ1) is 34.0. The molecule has 0 fully saturated rings. The van der Waals surface area contributed by atoms with Crippen LogP contribution in [0.3, 0.4) is 0 Å². The molecule has 0 radical (unpaired) electrons. The monoisotopic (exact) mass is 1020 g/mol. The van der Waals surface area contributed by atoms with Gasteiger partial charge >= 0.3 is 0 Å². The Hall–Kier alpha value is -5.93. The summed E-state index contributed by atoms with van der Waals surface area (Å²) in [6.07, 6.45) is 6.47. The number of hydrogen-bond acceptors (Lipinski definition) is 12. The zero-order chi connectivity index (χ0) is 53.5. The molecular formula is C51H78N9O11S-. The van der Waals surface area contributed by atoms with Gasteiger partial charge in [-0.3, -0.25) is 28.8 Å². The first-order valence-electron chi connectivity index (χ1n) is 25.0. The van der Waals surface area contributed by atoms with Crippen LogP contribution in [0.2, 0.25) is 0 Å². The van der Waals surface area contributed by atoms with E-state index in [0.29, 0.717) is 54.6 Å². The molecule has 3 aromatic rings. The van der Waals surface area contributed by atoms with Crippen molar-refractivity contribution in [3.8, 4) is 0 Å². The van der Waals surface area contributed by atoms with Crippen LogP contribution in [0.1, 0.15) is 116 Å². The number of nitrogens with zero attached hydrogens (tertiary/aromatic N) is 4. The number of nitrogens with one attached hydrogen (secondary N) is 5. The molecule has 0 unspecified atom stereocenters. The van der Waals surface area contributed by atoms with Crippen LogP contribution in [0.4, 0.5) is 0 Å². The summed E-state index contributed by atoms with van der Waals surface area (Å²) in [5.41, 5.74) is 1.65. The van der Waals surface area contributed by atoms with E-state index in [2.05, 4.69) is 31.2 Å². The number of benzene rings is 1. The Kier molecular flexibility index (Phi) is 25.3. The van der Waals surface area contributed by atoms with Crippen LogP contribution < -0.4 is 26.0 Å². The third-order valence-electron chi connectivity index (χ3n) is 12.9. The van der Waals surface area contributed by atoms with Gasteiger partial charge in [-0.2, -0.15) is 4.73 Å². The van der Waals surface area contributed by atoms with E-state index in [1.165, 1.54) is 36.4 Å². The van der Waals surface area contributed by atoms with Crippen molar-refractivity contribution in [1.29, 1.82) is 0 Å². The maximum Gasteiger partial charge on any atom is 0.245 e. The Balaban J connectivity index is 1.77. The van der Waals surface area contributed by atoms with Gasteiger partial charge in [0.05, 0.1) is 34.3 Å². The SMILES string of the molecule is CC[C@H](C)[C@H](NC(=O)[C@@H](C[C@H](O)[C@H](CC(C)C)NC(=O)[C@H](Cc1cnc[nH]1)N(C)C(=O)[C@H](Cc1ccccc1)NC(=O)CCCCCCC(=O)N(C)CCS(=O)(=O)[O-])C(C)C)C(=O)NCc1cccc[n+]1[O-]. The van der Waals surface area contributed by atoms with Crippen LogP contribution in [0, 0.1) is 28.9 Å². The van der Waals surface area contributed by atoms with Crippen molar-refractivity contribution in [3.05, 3.63) is 89.4 Å². The Morgan fingerprint density at radius 2 is 1.50 bits per heavy atom. The fourth-order valence-corrected chi connectivity index (χ4v) is 8.76. The summed E-state index contributed by atoms with van der Waals surface area (Å²) in [6, 6.07) is 9.98. The number of pyridine rings is 1. The Bertz CT molecular complexity index is 2280. The summed E-state index contributed by atoms with van der Waals surface area (Å²) in [4.78, 5) is 92.3. The van der Waals surface area contributed by atoms with Gasteiger partial charge in [-0.15, -0.1) is 0 Å². The van der Waals surface area contributed by atoms with E-state index in [9.17, 15) is 52.1 Å². The van der Waals surface area contributed by atoms with Gasteiger partial charge in [-0.05, 0) is 55.1 Å². The molecule has 6 N–H and O–H groups in total. The molecule has 21 heteroatoms. The summed E-state index contributed by atoms with van der Waals surface area (Å²) in [6.45, 7) is 11.1. The van der Waals surface area contributed by atoms with Gasteiger partial charge in [0.1, 0.15) is 24.7 Å². The molecule has 72 heavy (non-hydrogen) atoms. The molecule has 0 saturated carbocycles. The number of unbranched alkanes of at least 4 members (excludes halogenated alkanes) is 3. The highest BCUT2D eigenvalue weighted by atomic mass is 32.2. The predicted molar refractivity (Wildman–Crippen MR) is 270 cm³/mol. The molecule has 0 bridgehead atoms. The molecule has 0 aliphatic heterocycles. The number of aliphatic hydroxyl groups excluding tert-OH is 1. The van der Waals surface area contributed by atoms with E-state index in [1.807, 2.05) is 71.9 Å². The van der Waals surface area contributed by atoms with E-state index in [-0.39, 0.29) is 74.8 Å². The number of carbonyl (C=O) groups is 6. The second-order valence-corrected chi connectivity index (χ2v) is 21.1. The number of aliphatic hydroxyl groups is 1. The summed E-state index contributed by atoms with van der Waals surface area (Å²) >= 11 is 0. The van der Waals surface area contributed by atoms with Crippen molar-refractivity contribution in [3.63, 3.8) is 0 Å². The number of aromatic nitrogens is 3. The number of amides is 6. The van der Waals surface area contributed by atoms with Crippen LogP contribution >= 0.6 is 0 Å². The molecule has 0 aliphatic rings. The standard InChI is InChI=1S/C51H79N9O11S/c1-9-36(6)47(50(66)53-32-39-21-17-18-24-60(39)68)57-48(64)40(35(4)5)30-44(61)41(27-34(2)3)56-49(65)43(29-38-31-52-33-54-38)59(8)51(67)42(28-37-19-13-12-14-20-37)55-45(62)22-15-10-11-16-23-46(63)58(7)25-26-72(69,70)71/h12-14,17-21,24,31,33-36,40-44,47,61H,9-11,15-16,22-23,25-30,32H2,1-8H3,(H,52,54)(H,53,66)(H,55,62)(H,56,65)(H,57,64)(H,69,70,71)/p-1/t36-,40-,41-,42-,43-,44-,47-/m0/s1. The van der Waals surface area contributed by atoms with Gasteiger partial charge in [0.25, 0.3) is 0 Å². The highest BCUT2D eigenvalue weighted by Crippen LogP contribution is 2.24. The molecule has 7 atom stereocenters. The highest BCUT2D eigenvalue weighted by Gasteiger charge is 2.37. The number of likely N-dealkylation sites (N-methyl/N-ethyl adjacent to an activating group) is 1. The minimum atomic E-state index is -4.44. The van der Waals surface area contributed by atoms with E-state index >= 15 is 0 Å². The van der Waals surface area contributed by atoms with Crippen molar-refractivity contribution in [1.82, 2.24) is 41.0 Å². The maximum absolute atomic E-state index is 14.6. The van der Waals surface area contributed by atoms with E-state index in [4.69, 9.17) is 0 Å². The average Bonchev–Trinajstić information content (AvgIpc) is 3.86. The lowest BCUT2D eigenvalue weighted by Gasteiger charge is -2.34.